The Morgan fingerprint density at radius 2 is 1.92 bits per heavy atom. The van der Waals surface area contributed by atoms with Gasteiger partial charge in [-0.2, -0.15) is 9.98 Å². The van der Waals surface area contributed by atoms with Gasteiger partial charge in [0.25, 0.3) is 0 Å². The second-order valence-electron chi connectivity index (χ2n) is 2.26. The third kappa shape index (κ3) is 1.23. The Labute approximate surface area is 84.5 Å². The van der Waals surface area contributed by atoms with Crippen LogP contribution in [0.2, 0.25) is 0 Å². The molecule has 0 saturated carbocycles. The van der Waals surface area contributed by atoms with Crippen molar-refractivity contribution >= 4 is 37.9 Å². The molecule has 1 aliphatic heterocycles. The standard InChI is InChI=1S/C7H2Br2N2O/c8-3-1-4(9)6-5(2-3)10-7(12)11-6/h1-2H. The molecule has 1 aromatic carbocycles. The Morgan fingerprint density at radius 3 is 2.67 bits per heavy atom. The summed E-state index contributed by atoms with van der Waals surface area (Å²) < 4.78 is 1.66. The number of carbonyl (C=O) groups is 1. The van der Waals surface area contributed by atoms with Crippen LogP contribution < -0.4 is 10.7 Å². The number of rotatable bonds is 0. The van der Waals surface area contributed by atoms with Crippen molar-refractivity contribution in [3.63, 3.8) is 0 Å². The Hall–Kier alpha value is -0.550. The molecule has 3 nitrogen and oxygen atoms in total. The van der Waals surface area contributed by atoms with E-state index in [1.54, 1.807) is 6.07 Å². The lowest BCUT2D eigenvalue weighted by Gasteiger charge is -1.89. The molecule has 1 aromatic rings. The van der Waals surface area contributed by atoms with Crippen LogP contribution in [0.25, 0.3) is 0 Å². The fourth-order valence-electron chi connectivity index (χ4n) is 0.972. The van der Waals surface area contributed by atoms with E-state index in [2.05, 4.69) is 41.8 Å². The normalized spacial score (nSPS) is 13.7. The van der Waals surface area contributed by atoms with E-state index in [0.717, 1.165) is 8.95 Å². The van der Waals surface area contributed by atoms with E-state index < -0.39 is 6.03 Å². The van der Waals surface area contributed by atoms with Gasteiger partial charge in [-0.3, -0.25) is 0 Å². The van der Waals surface area contributed by atoms with E-state index in [4.69, 9.17) is 0 Å². The van der Waals surface area contributed by atoms with Crippen LogP contribution in [0.1, 0.15) is 0 Å². The molecule has 2 rings (SSSR count). The number of hydrogen-bond acceptors (Lipinski definition) is 1. The van der Waals surface area contributed by atoms with E-state index in [0.29, 0.717) is 10.7 Å². The fraction of sp³-hybridized carbons (Fsp3) is 0. The van der Waals surface area contributed by atoms with Crippen molar-refractivity contribution < 1.29 is 4.79 Å². The maximum atomic E-state index is 10.8. The zero-order chi connectivity index (χ0) is 8.72. The molecule has 0 aromatic heterocycles. The SMILES string of the molecule is O=C1N=c2cc(Br)cc(Br)c2=N1. The quantitative estimate of drug-likeness (QED) is 0.715. The van der Waals surface area contributed by atoms with Crippen molar-refractivity contribution in [1.82, 2.24) is 0 Å². The van der Waals surface area contributed by atoms with Gasteiger partial charge >= 0.3 is 6.03 Å². The van der Waals surface area contributed by atoms with Crippen molar-refractivity contribution in [1.29, 1.82) is 0 Å². The molecular formula is C7H2Br2N2O. The van der Waals surface area contributed by atoms with Gasteiger partial charge in [-0.25, -0.2) is 4.79 Å². The number of carbonyl (C=O) groups excluding carboxylic acids is 1. The first kappa shape index (κ1) is 8.07. The zero-order valence-electron chi connectivity index (χ0n) is 5.71. The predicted molar refractivity (Wildman–Crippen MR) is 49.6 cm³/mol. The minimum absolute atomic E-state index is 0.441. The van der Waals surface area contributed by atoms with Gasteiger partial charge in [0.05, 0.1) is 5.36 Å². The molecule has 60 valence electrons. The number of hydrogen-bond donors (Lipinski definition) is 0. The molecule has 12 heavy (non-hydrogen) atoms. The van der Waals surface area contributed by atoms with Crippen molar-refractivity contribution in [3.8, 4) is 0 Å². The monoisotopic (exact) mass is 288 g/mol. The van der Waals surface area contributed by atoms with E-state index in [1.807, 2.05) is 6.07 Å². The summed E-state index contributed by atoms with van der Waals surface area (Å²) in [5, 5.41) is 1.23. The first-order valence-electron chi connectivity index (χ1n) is 3.13. The number of nitrogens with zero attached hydrogens (tertiary/aromatic N) is 2. The maximum absolute atomic E-state index is 10.8. The Kier molecular flexibility index (Phi) is 1.84. The van der Waals surface area contributed by atoms with Crippen LogP contribution in [-0.2, 0) is 0 Å². The highest BCUT2D eigenvalue weighted by atomic mass is 79.9. The molecule has 0 radical (unpaired) electrons. The second-order valence-corrected chi connectivity index (χ2v) is 4.03. The largest absolute Gasteiger partial charge is 0.368 e. The lowest BCUT2D eigenvalue weighted by molar-refractivity contribution is 0.256. The van der Waals surface area contributed by atoms with Gasteiger partial charge in [-0.05, 0) is 28.1 Å². The van der Waals surface area contributed by atoms with Crippen LogP contribution in [0.5, 0.6) is 0 Å². The molecule has 1 heterocycles. The Morgan fingerprint density at radius 1 is 1.17 bits per heavy atom. The molecule has 0 N–H and O–H groups in total. The average molecular weight is 290 g/mol. The first-order valence-corrected chi connectivity index (χ1v) is 4.72. The van der Waals surface area contributed by atoms with Gasteiger partial charge in [0.15, 0.2) is 0 Å². The minimum Gasteiger partial charge on any atom is -0.244 e. The molecule has 0 aliphatic carbocycles. The average Bonchev–Trinajstić information content (AvgIpc) is 2.29. The van der Waals surface area contributed by atoms with E-state index in [9.17, 15) is 4.79 Å². The molecule has 1 aliphatic rings. The van der Waals surface area contributed by atoms with Gasteiger partial charge < -0.3 is 0 Å². The highest BCUT2D eigenvalue weighted by molar-refractivity contribution is 9.11. The van der Waals surface area contributed by atoms with E-state index >= 15 is 0 Å². The molecule has 0 fully saturated rings. The van der Waals surface area contributed by atoms with Crippen LogP contribution in [0.15, 0.2) is 31.1 Å². The summed E-state index contributed by atoms with van der Waals surface area (Å²) in [6.45, 7) is 0. The molecule has 0 atom stereocenters. The Balaban J connectivity index is 2.95. The summed E-state index contributed by atoms with van der Waals surface area (Å²) in [6, 6.07) is 3.15. The molecule has 2 amide bonds. The summed E-state index contributed by atoms with van der Waals surface area (Å²) >= 11 is 6.58. The maximum Gasteiger partial charge on any atom is 0.368 e. The smallest absolute Gasteiger partial charge is 0.244 e. The molecule has 0 unspecified atom stereocenters. The minimum atomic E-state index is -0.441. The molecule has 0 spiro atoms. The van der Waals surface area contributed by atoms with Crippen LogP contribution in [0.3, 0.4) is 0 Å². The van der Waals surface area contributed by atoms with Gasteiger partial charge in [0.2, 0.25) is 0 Å². The van der Waals surface area contributed by atoms with Crippen molar-refractivity contribution in [3.05, 3.63) is 31.8 Å². The van der Waals surface area contributed by atoms with Crippen LogP contribution in [-0.4, -0.2) is 6.03 Å². The topological polar surface area (TPSA) is 41.8 Å². The number of halogens is 2. The van der Waals surface area contributed by atoms with Gasteiger partial charge in [-0.15, -0.1) is 0 Å². The van der Waals surface area contributed by atoms with Gasteiger partial charge in [-0.1, -0.05) is 15.9 Å². The number of amides is 2. The molecule has 0 bridgehead atoms. The molecule has 0 saturated heterocycles. The number of benzene rings is 1. The summed E-state index contributed by atoms with van der Waals surface area (Å²) in [5.74, 6) is 0. The Bertz CT molecular complexity index is 481. The van der Waals surface area contributed by atoms with Crippen LogP contribution in [0, 0.1) is 0 Å². The number of urea groups is 1. The summed E-state index contributed by atoms with van der Waals surface area (Å²) in [4.78, 5) is 18.2. The third-order valence-corrected chi connectivity index (χ3v) is 2.49. The zero-order valence-corrected chi connectivity index (χ0v) is 8.89. The summed E-state index contributed by atoms with van der Waals surface area (Å²) in [6.07, 6.45) is 0. The first-order chi connectivity index (χ1) is 5.66. The lowest BCUT2D eigenvalue weighted by Crippen LogP contribution is -2.22. The summed E-state index contributed by atoms with van der Waals surface area (Å²) in [7, 11) is 0. The molecule has 5 heteroatoms. The second kappa shape index (κ2) is 2.74. The van der Waals surface area contributed by atoms with Crippen LogP contribution >= 0.6 is 31.9 Å². The predicted octanol–water partition coefficient (Wildman–Crippen LogP) is 1.58. The van der Waals surface area contributed by atoms with Crippen molar-refractivity contribution in [2.24, 2.45) is 9.98 Å². The lowest BCUT2D eigenvalue weighted by atomic mass is 10.3. The van der Waals surface area contributed by atoms with Crippen molar-refractivity contribution in [2.75, 3.05) is 0 Å². The van der Waals surface area contributed by atoms with E-state index in [-0.39, 0.29) is 0 Å². The summed E-state index contributed by atoms with van der Waals surface area (Å²) in [5.41, 5.74) is 0. The third-order valence-electron chi connectivity index (χ3n) is 1.43. The molecular weight excluding hydrogens is 288 g/mol. The fourth-order valence-corrected chi connectivity index (χ4v) is 2.26. The highest BCUT2D eigenvalue weighted by Crippen LogP contribution is 2.11. The highest BCUT2D eigenvalue weighted by Gasteiger charge is 2.07. The van der Waals surface area contributed by atoms with Crippen LogP contribution in [0.4, 0.5) is 4.79 Å². The number of fused-ring (bicyclic) bond motifs is 1. The van der Waals surface area contributed by atoms with Crippen molar-refractivity contribution in [2.45, 2.75) is 0 Å². The van der Waals surface area contributed by atoms with E-state index in [1.165, 1.54) is 0 Å². The van der Waals surface area contributed by atoms with Gasteiger partial charge in [0.1, 0.15) is 5.36 Å². The van der Waals surface area contributed by atoms with Gasteiger partial charge in [0, 0.05) is 8.95 Å².